The van der Waals surface area contributed by atoms with Gasteiger partial charge in [0.25, 0.3) is 0 Å². The van der Waals surface area contributed by atoms with Crippen LogP contribution in [0.3, 0.4) is 0 Å². The molecule has 0 aromatic heterocycles. The second-order valence-corrected chi connectivity index (χ2v) is 3.55. The summed E-state index contributed by atoms with van der Waals surface area (Å²) in [5, 5.41) is 18.2. The van der Waals surface area contributed by atoms with E-state index in [-0.39, 0.29) is 22.6 Å². The van der Waals surface area contributed by atoms with Crippen molar-refractivity contribution in [3.05, 3.63) is 35.4 Å². The number of halogens is 3. The normalized spacial score (nSPS) is 13.2. The Balaban J connectivity index is 3.27. The van der Waals surface area contributed by atoms with E-state index in [1.807, 2.05) is 0 Å². The first-order valence-corrected chi connectivity index (χ1v) is 5.04. The van der Waals surface area contributed by atoms with Crippen molar-refractivity contribution in [3.8, 4) is 11.8 Å². The molecule has 1 aromatic carbocycles. The third-order valence-corrected chi connectivity index (χ3v) is 2.26. The largest absolute Gasteiger partial charge is 0.507 e. The third kappa shape index (κ3) is 3.48. The van der Waals surface area contributed by atoms with Gasteiger partial charge in [-0.25, -0.2) is 0 Å². The van der Waals surface area contributed by atoms with E-state index in [0.29, 0.717) is 6.08 Å². The fraction of sp³-hybridized carbons (Fsp3) is 0.167. The van der Waals surface area contributed by atoms with Crippen LogP contribution in [-0.2, 0) is 0 Å². The van der Waals surface area contributed by atoms with Gasteiger partial charge in [-0.15, -0.1) is 0 Å². The minimum Gasteiger partial charge on any atom is -0.507 e. The van der Waals surface area contributed by atoms with Gasteiger partial charge in [0.1, 0.15) is 11.5 Å². The van der Waals surface area contributed by atoms with E-state index in [2.05, 4.69) is 4.99 Å². The van der Waals surface area contributed by atoms with Gasteiger partial charge >= 0.3 is 6.18 Å². The van der Waals surface area contributed by atoms with Gasteiger partial charge in [0.15, 0.2) is 0 Å². The topological polar surface area (TPSA) is 82.4 Å². The second-order valence-electron chi connectivity index (χ2n) is 3.55. The van der Waals surface area contributed by atoms with Crippen molar-refractivity contribution < 1.29 is 18.3 Å². The van der Waals surface area contributed by atoms with Crippen molar-refractivity contribution >= 4 is 11.4 Å². The van der Waals surface area contributed by atoms with Crippen molar-refractivity contribution in [1.29, 1.82) is 5.26 Å². The SMILES string of the molecule is CN=C(/C=C(\N)c1cc(C#N)ccc1O)C(F)(F)F. The monoisotopic (exact) mass is 269 g/mol. The maximum Gasteiger partial charge on any atom is 0.432 e. The van der Waals surface area contributed by atoms with Crippen LogP contribution in [0.4, 0.5) is 13.2 Å². The molecular formula is C12H10F3N3O. The third-order valence-electron chi connectivity index (χ3n) is 2.26. The van der Waals surface area contributed by atoms with E-state index in [1.165, 1.54) is 18.2 Å². The highest BCUT2D eigenvalue weighted by atomic mass is 19.4. The predicted octanol–water partition coefficient (Wildman–Crippen LogP) is 2.20. The van der Waals surface area contributed by atoms with Crippen LogP contribution in [0.15, 0.2) is 29.3 Å². The van der Waals surface area contributed by atoms with Gasteiger partial charge in [-0.3, -0.25) is 4.99 Å². The number of nitrogens with zero attached hydrogens (tertiary/aromatic N) is 2. The molecule has 0 bridgehead atoms. The molecular weight excluding hydrogens is 259 g/mol. The molecule has 0 atom stereocenters. The Bertz CT molecular complexity index is 583. The summed E-state index contributed by atoms with van der Waals surface area (Å²) < 4.78 is 37.5. The number of rotatable bonds is 2. The number of phenolic OH excluding ortho intramolecular Hbond substituents is 1. The molecule has 0 spiro atoms. The molecule has 0 fully saturated rings. The Morgan fingerprint density at radius 1 is 1.47 bits per heavy atom. The van der Waals surface area contributed by atoms with Crippen molar-refractivity contribution in [3.63, 3.8) is 0 Å². The molecule has 3 N–H and O–H groups in total. The Hall–Kier alpha value is -2.49. The van der Waals surface area contributed by atoms with Gasteiger partial charge in [0.05, 0.1) is 11.6 Å². The molecule has 1 rings (SSSR count). The molecule has 1 aromatic rings. The molecule has 100 valence electrons. The van der Waals surface area contributed by atoms with Crippen molar-refractivity contribution in [1.82, 2.24) is 0 Å². The Kier molecular flexibility index (Phi) is 4.17. The van der Waals surface area contributed by atoms with Gasteiger partial charge in [0.2, 0.25) is 0 Å². The van der Waals surface area contributed by atoms with Crippen molar-refractivity contribution in [2.24, 2.45) is 10.7 Å². The van der Waals surface area contributed by atoms with Crippen LogP contribution in [0.1, 0.15) is 11.1 Å². The molecule has 0 aliphatic heterocycles. The number of alkyl halides is 3. The lowest BCUT2D eigenvalue weighted by molar-refractivity contribution is -0.0577. The van der Waals surface area contributed by atoms with Gasteiger partial charge in [0, 0.05) is 18.3 Å². The minimum absolute atomic E-state index is 0.0514. The van der Waals surface area contributed by atoms with Crippen molar-refractivity contribution in [2.45, 2.75) is 6.18 Å². The summed E-state index contributed by atoms with van der Waals surface area (Å²) in [6.45, 7) is 0. The number of hydrogen-bond donors (Lipinski definition) is 2. The van der Waals surface area contributed by atoms with E-state index in [9.17, 15) is 18.3 Å². The van der Waals surface area contributed by atoms with Gasteiger partial charge in [-0.1, -0.05) is 0 Å². The zero-order valence-electron chi connectivity index (χ0n) is 9.86. The van der Waals surface area contributed by atoms with E-state index in [0.717, 1.165) is 7.05 Å². The summed E-state index contributed by atoms with van der Waals surface area (Å²) in [4.78, 5) is 3.09. The number of phenols is 1. The number of benzene rings is 1. The van der Waals surface area contributed by atoms with Gasteiger partial charge in [-0.2, -0.15) is 18.4 Å². The van der Waals surface area contributed by atoms with Crippen LogP contribution in [0.25, 0.3) is 5.70 Å². The zero-order chi connectivity index (χ0) is 14.6. The molecule has 0 amide bonds. The highest BCUT2D eigenvalue weighted by Crippen LogP contribution is 2.25. The first-order chi connectivity index (χ1) is 8.79. The van der Waals surface area contributed by atoms with Crippen LogP contribution in [0, 0.1) is 11.3 Å². The summed E-state index contributed by atoms with van der Waals surface area (Å²) in [5.74, 6) is -0.314. The fourth-order valence-corrected chi connectivity index (χ4v) is 1.34. The quantitative estimate of drug-likeness (QED) is 0.807. The van der Waals surface area contributed by atoms with Gasteiger partial charge < -0.3 is 10.8 Å². The lowest BCUT2D eigenvalue weighted by Crippen LogP contribution is -2.21. The van der Waals surface area contributed by atoms with Crippen LogP contribution >= 0.6 is 0 Å². The molecule has 4 nitrogen and oxygen atoms in total. The number of allylic oxidation sites excluding steroid dienone is 1. The predicted molar refractivity (Wildman–Crippen MR) is 64.4 cm³/mol. The molecule has 0 radical (unpaired) electrons. The summed E-state index contributed by atoms with van der Waals surface area (Å²) in [6.07, 6.45) is -4.03. The maximum absolute atomic E-state index is 12.5. The van der Waals surface area contributed by atoms with Gasteiger partial charge in [-0.05, 0) is 24.3 Å². The number of hydrogen-bond acceptors (Lipinski definition) is 4. The average Bonchev–Trinajstić information content (AvgIpc) is 2.34. The Morgan fingerprint density at radius 2 is 2.11 bits per heavy atom. The van der Waals surface area contributed by atoms with E-state index in [4.69, 9.17) is 11.0 Å². The van der Waals surface area contributed by atoms with E-state index < -0.39 is 11.9 Å². The Labute approximate surface area is 107 Å². The lowest BCUT2D eigenvalue weighted by atomic mass is 10.1. The number of nitrogens with two attached hydrogens (primary N) is 1. The smallest absolute Gasteiger partial charge is 0.432 e. The molecule has 0 aliphatic rings. The van der Waals surface area contributed by atoms with Crippen LogP contribution in [0.2, 0.25) is 0 Å². The molecule has 0 saturated heterocycles. The number of aliphatic imine (C=N–C) groups is 1. The number of aromatic hydroxyl groups is 1. The van der Waals surface area contributed by atoms with E-state index >= 15 is 0 Å². The second kappa shape index (κ2) is 5.44. The summed E-state index contributed by atoms with van der Waals surface area (Å²) in [7, 11) is 0.984. The fourth-order valence-electron chi connectivity index (χ4n) is 1.34. The first-order valence-electron chi connectivity index (χ1n) is 5.04. The first kappa shape index (κ1) is 14.6. The van der Waals surface area contributed by atoms with Crippen LogP contribution in [-0.4, -0.2) is 24.0 Å². The molecule has 0 aliphatic carbocycles. The lowest BCUT2D eigenvalue weighted by Gasteiger charge is -2.09. The molecule has 0 unspecified atom stereocenters. The van der Waals surface area contributed by atoms with Crippen molar-refractivity contribution in [2.75, 3.05) is 7.05 Å². The molecule has 0 saturated carbocycles. The van der Waals surface area contributed by atoms with E-state index in [1.54, 1.807) is 6.07 Å². The number of nitriles is 1. The standard InChI is InChI=1S/C12H10F3N3O/c1-18-11(12(13,14)15)5-9(17)8-4-7(6-16)2-3-10(8)19/h2-5,19H,17H2,1H3/b9-5-,18-11?. The minimum atomic E-state index is -4.64. The molecule has 19 heavy (non-hydrogen) atoms. The molecule has 0 heterocycles. The highest BCUT2D eigenvalue weighted by Gasteiger charge is 2.33. The summed E-state index contributed by atoms with van der Waals surface area (Å²) >= 11 is 0. The maximum atomic E-state index is 12.5. The van der Waals surface area contributed by atoms with Crippen LogP contribution in [0.5, 0.6) is 5.75 Å². The Morgan fingerprint density at radius 3 is 2.58 bits per heavy atom. The van der Waals surface area contributed by atoms with Crippen LogP contribution < -0.4 is 5.73 Å². The zero-order valence-corrected chi connectivity index (χ0v) is 9.86. The highest BCUT2D eigenvalue weighted by molar-refractivity contribution is 6.04. The summed E-state index contributed by atoms with van der Waals surface area (Å²) in [6, 6.07) is 5.51. The molecule has 7 heteroatoms. The summed E-state index contributed by atoms with van der Waals surface area (Å²) in [5.41, 5.74) is 4.12. The average molecular weight is 269 g/mol.